The van der Waals surface area contributed by atoms with E-state index in [0.29, 0.717) is 11.3 Å². The first-order chi connectivity index (χ1) is 8.60. The second kappa shape index (κ2) is 5.42. The van der Waals surface area contributed by atoms with Gasteiger partial charge in [-0.2, -0.15) is 5.26 Å². The predicted octanol–water partition coefficient (Wildman–Crippen LogP) is 4.41. The summed E-state index contributed by atoms with van der Waals surface area (Å²) in [6, 6.07) is 13.0. The van der Waals surface area contributed by atoms with Crippen molar-refractivity contribution in [3.8, 4) is 6.07 Å². The molecule has 0 aromatic heterocycles. The maximum atomic E-state index is 8.78. The van der Waals surface area contributed by atoms with Crippen LogP contribution in [0, 0.1) is 11.3 Å². The number of nitrogens with one attached hydrogen (secondary N) is 1. The number of hydrogen-bond acceptors (Lipinski definition) is 3. The van der Waals surface area contributed by atoms with Crippen LogP contribution in [0.25, 0.3) is 0 Å². The molecule has 0 fully saturated rings. The first-order valence-corrected chi connectivity index (χ1v) is 6.70. The van der Waals surface area contributed by atoms with Crippen molar-refractivity contribution in [2.45, 2.75) is 0 Å². The van der Waals surface area contributed by atoms with Crippen LogP contribution in [0.2, 0.25) is 0 Å². The third-order valence-electron chi connectivity index (χ3n) is 2.38. The van der Waals surface area contributed by atoms with Gasteiger partial charge in [0.25, 0.3) is 0 Å². The molecule has 18 heavy (non-hydrogen) atoms. The van der Waals surface area contributed by atoms with Crippen LogP contribution in [0.15, 0.2) is 45.3 Å². The van der Waals surface area contributed by atoms with Gasteiger partial charge in [-0.1, -0.05) is 15.9 Å². The average molecular weight is 367 g/mol. The molecule has 0 amide bonds. The van der Waals surface area contributed by atoms with Gasteiger partial charge in [0, 0.05) is 8.95 Å². The second-order valence-electron chi connectivity index (χ2n) is 3.66. The maximum Gasteiger partial charge on any atom is 0.0992 e. The van der Waals surface area contributed by atoms with Gasteiger partial charge < -0.3 is 11.1 Å². The Kier molecular flexibility index (Phi) is 3.90. The van der Waals surface area contributed by atoms with Crippen LogP contribution in [-0.4, -0.2) is 0 Å². The zero-order valence-corrected chi connectivity index (χ0v) is 12.4. The maximum absolute atomic E-state index is 8.78. The molecule has 2 aromatic rings. The molecule has 0 aliphatic rings. The molecule has 0 heterocycles. The van der Waals surface area contributed by atoms with Crippen LogP contribution in [-0.2, 0) is 0 Å². The highest BCUT2D eigenvalue weighted by Gasteiger charge is 2.04. The van der Waals surface area contributed by atoms with Crippen LogP contribution in [0.3, 0.4) is 0 Å². The number of nitriles is 1. The quantitative estimate of drug-likeness (QED) is 0.774. The minimum atomic E-state index is 0.545. The van der Waals surface area contributed by atoms with E-state index in [1.165, 1.54) is 0 Å². The molecule has 5 heteroatoms. The highest BCUT2D eigenvalue weighted by Crippen LogP contribution is 2.31. The Morgan fingerprint density at radius 1 is 1.06 bits per heavy atom. The fourth-order valence-corrected chi connectivity index (χ4v) is 2.63. The number of nitrogens with two attached hydrogens (primary N) is 1. The van der Waals surface area contributed by atoms with Crippen molar-refractivity contribution in [3.05, 3.63) is 50.9 Å². The SMILES string of the molecule is N#Cc1ccc(Nc2ccc(Br)cc2Br)c(N)c1. The molecule has 3 nitrogen and oxygen atoms in total. The number of anilines is 3. The fourth-order valence-electron chi connectivity index (χ4n) is 1.48. The van der Waals surface area contributed by atoms with Crippen LogP contribution < -0.4 is 11.1 Å². The van der Waals surface area contributed by atoms with Crippen molar-refractivity contribution in [3.63, 3.8) is 0 Å². The van der Waals surface area contributed by atoms with Crippen molar-refractivity contribution in [1.29, 1.82) is 5.26 Å². The largest absolute Gasteiger partial charge is 0.397 e. The third kappa shape index (κ3) is 2.84. The summed E-state index contributed by atoms with van der Waals surface area (Å²) in [4.78, 5) is 0. The highest BCUT2D eigenvalue weighted by molar-refractivity contribution is 9.11. The van der Waals surface area contributed by atoms with E-state index < -0.39 is 0 Å². The monoisotopic (exact) mass is 365 g/mol. The van der Waals surface area contributed by atoms with Crippen LogP contribution in [0.5, 0.6) is 0 Å². The Morgan fingerprint density at radius 2 is 1.78 bits per heavy atom. The summed E-state index contributed by atoms with van der Waals surface area (Å²) in [7, 11) is 0. The zero-order valence-electron chi connectivity index (χ0n) is 9.24. The molecule has 3 N–H and O–H groups in total. The van der Waals surface area contributed by atoms with Crippen LogP contribution >= 0.6 is 31.9 Å². The van der Waals surface area contributed by atoms with Gasteiger partial charge in [-0.25, -0.2) is 0 Å². The lowest BCUT2D eigenvalue weighted by Gasteiger charge is -2.11. The van der Waals surface area contributed by atoms with Crippen LogP contribution in [0.1, 0.15) is 5.56 Å². The summed E-state index contributed by atoms with van der Waals surface area (Å²) in [6.07, 6.45) is 0. The molecule has 0 aliphatic heterocycles. The summed E-state index contributed by atoms with van der Waals surface area (Å²) in [5.41, 5.74) is 8.67. The lowest BCUT2D eigenvalue weighted by Crippen LogP contribution is -1.97. The summed E-state index contributed by atoms with van der Waals surface area (Å²) < 4.78 is 1.92. The first kappa shape index (κ1) is 12.9. The third-order valence-corrected chi connectivity index (χ3v) is 3.53. The normalized spacial score (nSPS) is 9.83. The van der Waals surface area contributed by atoms with Gasteiger partial charge in [0.05, 0.1) is 28.7 Å². The minimum absolute atomic E-state index is 0.545. The Bertz CT molecular complexity index is 633. The number of nitrogens with zero attached hydrogens (tertiary/aromatic N) is 1. The summed E-state index contributed by atoms with van der Waals surface area (Å²) >= 11 is 6.87. The predicted molar refractivity (Wildman–Crippen MR) is 80.7 cm³/mol. The molecule has 0 unspecified atom stereocenters. The molecule has 90 valence electrons. The number of nitrogen functional groups attached to an aromatic ring is 1. The van der Waals surface area contributed by atoms with Crippen molar-refractivity contribution in [1.82, 2.24) is 0 Å². The zero-order chi connectivity index (χ0) is 13.1. The smallest absolute Gasteiger partial charge is 0.0992 e. The molecule has 0 spiro atoms. The van der Waals surface area contributed by atoms with E-state index in [1.54, 1.807) is 18.2 Å². The van der Waals surface area contributed by atoms with Gasteiger partial charge in [0.15, 0.2) is 0 Å². The molecular weight excluding hydrogens is 358 g/mol. The second-order valence-corrected chi connectivity index (χ2v) is 5.43. The lowest BCUT2D eigenvalue weighted by molar-refractivity contribution is 1.47. The molecule has 0 radical (unpaired) electrons. The Labute approximate surface area is 122 Å². The minimum Gasteiger partial charge on any atom is -0.397 e. The molecule has 2 aromatic carbocycles. The van der Waals surface area contributed by atoms with E-state index in [1.807, 2.05) is 18.2 Å². The van der Waals surface area contributed by atoms with E-state index >= 15 is 0 Å². The highest BCUT2D eigenvalue weighted by atomic mass is 79.9. The molecule has 0 saturated heterocycles. The van der Waals surface area contributed by atoms with E-state index in [2.05, 4.69) is 43.2 Å². The van der Waals surface area contributed by atoms with Gasteiger partial charge in [-0.3, -0.25) is 0 Å². The lowest BCUT2D eigenvalue weighted by atomic mass is 10.2. The fraction of sp³-hybridized carbons (Fsp3) is 0. The van der Waals surface area contributed by atoms with E-state index in [0.717, 1.165) is 20.3 Å². The molecule has 2 rings (SSSR count). The number of hydrogen-bond donors (Lipinski definition) is 2. The summed E-state index contributed by atoms with van der Waals surface area (Å²) in [5.74, 6) is 0. The topological polar surface area (TPSA) is 61.8 Å². The first-order valence-electron chi connectivity index (χ1n) is 5.12. The number of benzene rings is 2. The van der Waals surface area contributed by atoms with Gasteiger partial charge in [0.1, 0.15) is 0 Å². The van der Waals surface area contributed by atoms with Crippen molar-refractivity contribution in [2.24, 2.45) is 0 Å². The molecule has 0 bridgehead atoms. The Hall–Kier alpha value is -1.51. The summed E-state index contributed by atoms with van der Waals surface area (Å²) in [5, 5.41) is 12.0. The summed E-state index contributed by atoms with van der Waals surface area (Å²) in [6.45, 7) is 0. The van der Waals surface area contributed by atoms with Crippen molar-refractivity contribution >= 4 is 48.9 Å². The molecule has 0 saturated carbocycles. The van der Waals surface area contributed by atoms with E-state index in [4.69, 9.17) is 11.0 Å². The molecule has 0 atom stereocenters. The van der Waals surface area contributed by atoms with Crippen molar-refractivity contribution < 1.29 is 0 Å². The van der Waals surface area contributed by atoms with Gasteiger partial charge >= 0.3 is 0 Å². The van der Waals surface area contributed by atoms with Gasteiger partial charge in [-0.15, -0.1) is 0 Å². The van der Waals surface area contributed by atoms with Gasteiger partial charge in [0.2, 0.25) is 0 Å². The number of rotatable bonds is 2. The van der Waals surface area contributed by atoms with Crippen molar-refractivity contribution in [2.75, 3.05) is 11.1 Å². The van der Waals surface area contributed by atoms with Gasteiger partial charge in [-0.05, 0) is 52.3 Å². The van der Waals surface area contributed by atoms with E-state index in [-0.39, 0.29) is 0 Å². The molecule has 0 aliphatic carbocycles. The number of halogens is 2. The standard InChI is InChI=1S/C13H9Br2N3/c14-9-2-4-12(10(15)6-9)18-13-3-1-8(7-16)5-11(13)17/h1-6,18H,17H2. The Morgan fingerprint density at radius 3 is 2.39 bits per heavy atom. The molecular formula is C13H9Br2N3. The average Bonchev–Trinajstić information content (AvgIpc) is 2.34. The Balaban J connectivity index is 2.32. The van der Waals surface area contributed by atoms with Crippen LogP contribution in [0.4, 0.5) is 17.1 Å². The van der Waals surface area contributed by atoms with E-state index in [9.17, 15) is 0 Å².